The van der Waals surface area contributed by atoms with Gasteiger partial charge in [-0.3, -0.25) is 0 Å². The highest BCUT2D eigenvalue weighted by Gasteiger charge is 2.04. The van der Waals surface area contributed by atoms with Gasteiger partial charge in [0.15, 0.2) is 0 Å². The monoisotopic (exact) mass is 181 g/mol. The Kier molecular flexibility index (Phi) is 1.79. The minimum atomic E-state index is 0.666. The molecule has 4 nitrogen and oxygen atoms in total. The van der Waals surface area contributed by atoms with Crippen molar-refractivity contribution in [3.05, 3.63) is 18.7 Å². The minimum absolute atomic E-state index is 0.666. The molecule has 0 aromatic carbocycles. The summed E-state index contributed by atoms with van der Waals surface area (Å²) in [6.07, 6.45) is 5.16. The predicted octanol–water partition coefficient (Wildman–Crippen LogP) is 1.54. The zero-order valence-electron chi connectivity index (χ0n) is 6.44. The maximum atomic E-state index is 4.97. The van der Waals surface area contributed by atoms with Crippen molar-refractivity contribution in [2.75, 3.05) is 7.11 Å². The largest absolute Gasteiger partial charge is 0.473 e. The van der Waals surface area contributed by atoms with Crippen molar-refractivity contribution in [2.45, 2.75) is 0 Å². The van der Waals surface area contributed by atoms with Gasteiger partial charge in [-0.05, 0) is 0 Å². The highest BCUT2D eigenvalue weighted by atomic mass is 32.1. The second kappa shape index (κ2) is 2.94. The van der Waals surface area contributed by atoms with Crippen LogP contribution in [0.1, 0.15) is 0 Å². The van der Waals surface area contributed by atoms with Crippen LogP contribution >= 0.6 is 11.3 Å². The van der Waals surface area contributed by atoms with Crippen molar-refractivity contribution in [3.63, 3.8) is 0 Å². The molecule has 2 aromatic rings. The smallest absolute Gasteiger partial charge is 0.273 e. The summed E-state index contributed by atoms with van der Waals surface area (Å²) in [5.41, 5.74) is 0.968. The number of aromatic nitrogens is 3. The van der Waals surface area contributed by atoms with Gasteiger partial charge in [-0.15, -0.1) is 0 Å². The van der Waals surface area contributed by atoms with E-state index >= 15 is 0 Å². The first-order valence-corrected chi connectivity index (χ1v) is 4.20. The van der Waals surface area contributed by atoms with Crippen LogP contribution in [0.4, 0.5) is 0 Å². The molecule has 0 aliphatic rings. The summed E-state index contributed by atoms with van der Waals surface area (Å²) in [5, 5.41) is 0.666. The third-order valence-corrected chi connectivity index (χ3v) is 2.41. The molecule has 0 amide bonds. The third kappa shape index (κ3) is 1.18. The maximum absolute atomic E-state index is 4.97. The average molecular weight is 181 g/mol. The van der Waals surface area contributed by atoms with E-state index in [0.717, 1.165) is 10.6 Å². The number of H-pyrrole nitrogens is 1. The van der Waals surface area contributed by atoms with Gasteiger partial charge in [0.05, 0.1) is 36.4 Å². The lowest BCUT2D eigenvalue weighted by atomic mass is 10.4. The second-order valence-corrected chi connectivity index (χ2v) is 3.15. The van der Waals surface area contributed by atoms with Gasteiger partial charge in [0.25, 0.3) is 5.19 Å². The Bertz CT molecular complexity index is 354. The van der Waals surface area contributed by atoms with Crippen molar-refractivity contribution in [2.24, 2.45) is 0 Å². The Morgan fingerprint density at radius 1 is 1.50 bits per heavy atom. The van der Waals surface area contributed by atoms with Crippen LogP contribution in [0.5, 0.6) is 5.19 Å². The fourth-order valence-electron chi connectivity index (χ4n) is 0.868. The predicted molar refractivity (Wildman–Crippen MR) is 46.2 cm³/mol. The number of hydrogen-bond acceptors (Lipinski definition) is 4. The van der Waals surface area contributed by atoms with Gasteiger partial charge in [0, 0.05) is 0 Å². The number of ether oxygens (including phenoxy) is 1. The molecule has 1 N–H and O–H groups in total. The second-order valence-electron chi connectivity index (χ2n) is 2.16. The summed E-state index contributed by atoms with van der Waals surface area (Å²) in [4.78, 5) is 12.0. The number of imidazole rings is 1. The molecule has 0 spiro atoms. The Morgan fingerprint density at radius 2 is 2.42 bits per heavy atom. The Morgan fingerprint density at radius 3 is 3.00 bits per heavy atom. The molecular weight excluding hydrogens is 174 g/mol. The van der Waals surface area contributed by atoms with Crippen LogP contribution in [-0.4, -0.2) is 22.1 Å². The Labute approximate surface area is 73.3 Å². The first-order chi connectivity index (χ1) is 5.90. The number of rotatable bonds is 2. The number of nitrogens with zero attached hydrogens (tertiary/aromatic N) is 2. The molecule has 0 radical (unpaired) electrons. The normalized spacial score (nSPS) is 10.1. The van der Waals surface area contributed by atoms with E-state index in [-0.39, 0.29) is 0 Å². The lowest BCUT2D eigenvalue weighted by molar-refractivity contribution is 0.412. The summed E-state index contributed by atoms with van der Waals surface area (Å²) < 4.78 is 4.97. The number of methoxy groups -OCH3 is 1. The lowest BCUT2D eigenvalue weighted by Crippen LogP contribution is -1.76. The average Bonchev–Trinajstić information content (AvgIpc) is 2.75. The molecular formula is C7H7N3OS. The van der Waals surface area contributed by atoms with Crippen molar-refractivity contribution < 1.29 is 4.74 Å². The van der Waals surface area contributed by atoms with Crippen LogP contribution in [0, 0.1) is 0 Å². The van der Waals surface area contributed by atoms with Gasteiger partial charge < -0.3 is 9.72 Å². The summed E-state index contributed by atoms with van der Waals surface area (Å²) in [5.74, 6) is 0. The number of hydrogen-bond donors (Lipinski definition) is 1. The summed E-state index contributed by atoms with van der Waals surface area (Å²) in [7, 11) is 1.61. The third-order valence-electron chi connectivity index (χ3n) is 1.42. The molecule has 0 atom stereocenters. The topological polar surface area (TPSA) is 50.8 Å². The van der Waals surface area contributed by atoms with Crippen LogP contribution in [0.25, 0.3) is 10.6 Å². The molecule has 12 heavy (non-hydrogen) atoms. The molecule has 0 aliphatic heterocycles. The highest BCUT2D eigenvalue weighted by molar-refractivity contribution is 7.16. The van der Waals surface area contributed by atoms with E-state index in [1.54, 1.807) is 25.8 Å². The van der Waals surface area contributed by atoms with Crippen LogP contribution in [0.15, 0.2) is 18.7 Å². The van der Waals surface area contributed by atoms with E-state index < -0.39 is 0 Å². The molecule has 2 heterocycles. The first kappa shape index (κ1) is 7.30. The number of thiazole rings is 1. The van der Waals surface area contributed by atoms with Gasteiger partial charge in [-0.25, -0.2) is 9.97 Å². The van der Waals surface area contributed by atoms with Gasteiger partial charge in [-0.2, -0.15) is 0 Å². The number of nitrogens with one attached hydrogen (secondary N) is 1. The summed E-state index contributed by atoms with van der Waals surface area (Å²) in [6.45, 7) is 0. The van der Waals surface area contributed by atoms with Crippen molar-refractivity contribution in [1.82, 2.24) is 15.0 Å². The highest BCUT2D eigenvalue weighted by Crippen LogP contribution is 2.27. The van der Waals surface area contributed by atoms with Crippen molar-refractivity contribution in [3.8, 4) is 15.8 Å². The van der Waals surface area contributed by atoms with Crippen LogP contribution in [-0.2, 0) is 0 Å². The molecule has 5 heteroatoms. The van der Waals surface area contributed by atoms with E-state index in [2.05, 4.69) is 15.0 Å². The Hall–Kier alpha value is -1.36. The molecule has 0 bridgehead atoms. The molecule has 2 rings (SSSR count). The van der Waals surface area contributed by atoms with Gasteiger partial charge >= 0.3 is 0 Å². The van der Waals surface area contributed by atoms with Gasteiger partial charge in [0.1, 0.15) is 0 Å². The molecule has 0 saturated heterocycles. The van der Waals surface area contributed by atoms with E-state index in [1.165, 1.54) is 11.3 Å². The lowest BCUT2D eigenvalue weighted by Gasteiger charge is -1.87. The Balaban J connectivity index is 2.35. The molecule has 0 unspecified atom stereocenters. The molecule has 0 aliphatic carbocycles. The van der Waals surface area contributed by atoms with Crippen LogP contribution in [0.2, 0.25) is 0 Å². The molecule has 0 fully saturated rings. The molecule has 62 valence electrons. The number of aromatic amines is 1. The van der Waals surface area contributed by atoms with Crippen LogP contribution in [0.3, 0.4) is 0 Å². The first-order valence-electron chi connectivity index (χ1n) is 3.38. The van der Waals surface area contributed by atoms with Crippen molar-refractivity contribution >= 4 is 11.3 Å². The quantitative estimate of drug-likeness (QED) is 0.764. The van der Waals surface area contributed by atoms with E-state index in [1.807, 2.05) is 0 Å². The zero-order chi connectivity index (χ0) is 8.39. The van der Waals surface area contributed by atoms with E-state index in [9.17, 15) is 0 Å². The zero-order valence-corrected chi connectivity index (χ0v) is 7.26. The van der Waals surface area contributed by atoms with Gasteiger partial charge in [-0.1, -0.05) is 11.3 Å². The SMILES string of the molecule is COc1ncc(-c2cnc[nH]2)s1. The summed E-state index contributed by atoms with van der Waals surface area (Å²) in [6, 6.07) is 0. The standard InChI is InChI=1S/C7H7N3OS/c1-11-7-9-3-6(12-7)5-2-8-4-10-5/h2-4H,1H3,(H,8,10). The molecule has 0 saturated carbocycles. The van der Waals surface area contributed by atoms with E-state index in [4.69, 9.17) is 4.74 Å². The maximum Gasteiger partial charge on any atom is 0.273 e. The van der Waals surface area contributed by atoms with Crippen molar-refractivity contribution in [1.29, 1.82) is 0 Å². The minimum Gasteiger partial charge on any atom is -0.473 e. The fourth-order valence-corrected chi connectivity index (χ4v) is 1.57. The summed E-state index contributed by atoms with van der Waals surface area (Å²) >= 11 is 1.49. The molecule has 2 aromatic heterocycles. The van der Waals surface area contributed by atoms with E-state index in [0.29, 0.717) is 5.19 Å². The van der Waals surface area contributed by atoms with Gasteiger partial charge in [0.2, 0.25) is 0 Å². The van der Waals surface area contributed by atoms with Crippen LogP contribution < -0.4 is 4.74 Å². The fraction of sp³-hybridized carbons (Fsp3) is 0.143.